The van der Waals surface area contributed by atoms with Crippen LogP contribution in [0.4, 0.5) is 0 Å². The molecule has 118 valence electrons. The number of pyridine rings is 1. The molecule has 0 aliphatic rings. The Balaban J connectivity index is 1.69. The number of rotatable bonds is 4. The lowest BCUT2D eigenvalue weighted by Gasteiger charge is -2.11. The first-order valence-electron chi connectivity index (χ1n) is 7.54. The van der Waals surface area contributed by atoms with Gasteiger partial charge in [-0.15, -0.1) is 0 Å². The van der Waals surface area contributed by atoms with Crippen LogP contribution in [-0.2, 0) is 6.61 Å². The van der Waals surface area contributed by atoms with Gasteiger partial charge in [-0.1, -0.05) is 30.3 Å². The molecule has 24 heavy (non-hydrogen) atoms. The molecule has 4 aromatic rings. The largest absolute Gasteiger partial charge is 0.488 e. The van der Waals surface area contributed by atoms with Crippen LogP contribution in [0.2, 0.25) is 0 Å². The number of nitrogens with zero attached hydrogens (tertiary/aromatic N) is 1. The van der Waals surface area contributed by atoms with Crippen LogP contribution in [0.25, 0.3) is 22.4 Å². The molecule has 0 saturated carbocycles. The molecular weight excluding hydrogens is 304 g/mol. The molecule has 0 unspecified atom stereocenters. The van der Waals surface area contributed by atoms with Crippen molar-refractivity contribution in [3.05, 3.63) is 83.0 Å². The Hall–Kier alpha value is -3.34. The fourth-order valence-corrected chi connectivity index (χ4v) is 2.66. The summed E-state index contributed by atoms with van der Waals surface area (Å²) in [7, 11) is 0. The molecule has 0 bridgehead atoms. The number of fused-ring (bicyclic) bond motifs is 1. The second-order valence-electron chi connectivity index (χ2n) is 5.33. The summed E-state index contributed by atoms with van der Waals surface area (Å²) in [6.45, 7) is 0.312. The second kappa shape index (κ2) is 6.04. The first-order valence-corrected chi connectivity index (χ1v) is 7.54. The summed E-state index contributed by atoms with van der Waals surface area (Å²) in [6, 6.07) is 16.8. The summed E-state index contributed by atoms with van der Waals surface area (Å²) in [5.74, 6) is 1.10. The number of benzene rings is 2. The number of oxazole rings is 1. The van der Waals surface area contributed by atoms with E-state index in [1.165, 1.54) is 12.3 Å². The topological polar surface area (TPSA) is 68.1 Å². The molecule has 2 heterocycles. The molecule has 0 fully saturated rings. The normalized spacial score (nSPS) is 10.8. The Labute approximate surface area is 137 Å². The molecule has 0 amide bonds. The summed E-state index contributed by atoms with van der Waals surface area (Å²) in [5.41, 5.74) is 2.37. The molecule has 5 nitrogen and oxygen atoms in total. The van der Waals surface area contributed by atoms with E-state index in [0.29, 0.717) is 18.2 Å². The van der Waals surface area contributed by atoms with Crippen LogP contribution in [0.3, 0.4) is 0 Å². The zero-order chi connectivity index (χ0) is 16.4. The van der Waals surface area contributed by atoms with Gasteiger partial charge >= 0.3 is 0 Å². The van der Waals surface area contributed by atoms with Crippen molar-refractivity contribution in [1.29, 1.82) is 0 Å². The first-order chi connectivity index (χ1) is 11.8. The number of aromatic amines is 1. The number of H-pyrrole nitrogens is 1. The number of hydrogen-bond donors (Lipinski definition) is 1. The Morgan fingerprint density at radius 1 is 1.08 bits per heavy atom. The summed E-state index contributed by atoms with van der Waals surface area (Å²) >= 11 is 0. The van der Waals surface area contributed by atoms with E-state index in [9.17, 15) is 4.79 Å². The van der Waals surface area contributed by atoms with Gasteiger partial charge in [0.1, 0.15) is 18.6 Å². The minimum Gasteiger partial charge on any atom is -0.488 e. The van der Waals surface area contributed by atoms with Crippen molar-refractivity contribution in [2.24, 2.45) is 0 Å². The Morgan fingerprint density at radius 2 is 1.92 bits per heavy atom. The van der Waals surface area contributed by atoms with Gasteiger partial charge in [-0.3, -0.25) is 4.79 Å². The van der Waals surface area contributed by atoms with Crippen LogP contribution in [0.15, 0.2) is 76.3 Å². The molecule has 0 atom stereocenters. The zero-order valence-electron chi connectivity index (χ0n) is 12.7. The lowest BCUT2D eigenvalue weighted by atomic mass is 10.1. The minimum atomic E-state index is -0.190. The standard InChI is InChI=1S/C19H14N2O3/c22-18-11-17(15-7-3-4-8-16(15)21-18)24-12-13-5-1-2-6-14(13)19-20-9-10-23-19/h1-11H,12H2,(H,21,22). The highest BCUT2D eigenvalue weighted by Crippen LogP contribution is 2.26. The highest BCUT2D eigenvalue weighted by atomic mass is 16.5. The Kier molecular flexibility index (Phi) is 3.59. The van der Waals surface area contributed by atoms with Crippen LogP contribution in [0, 0.1) is 0 Å². The SMILES string of the molecule is O=c1cc(OCc2ccccc2-c2ncco2)c2ccccc2[nH]1. The monoisotopic (exact) mass is 318 g/mol. The van der Waals surface area contributed by atoms with E-state index in [2.05, 4.69) is 9.97 Å². The second-order valence-corrected chi connectivity index (χ2v) is 5.33. The predicted molar refractivity (Wildman–Crippen MR) is 90.8 cm³/mol. The van der Waals surface area contributed by atoms with E-state index in [1.54, 1.807) is 6.20 Å². The predicted octanol–water partition coefficient (Wildman–Crippen LogP) is 3.76. The van der Waals surface area contributed by atoms with Gasteiger partial charge in [-0.2, -0.15) is 0 Å². The summed E-state index contributed by atoms with van der Waals surface area (Å²) in [6.07, 6.45) is 3.15. The maximum absolute atomic E-state index is 11.8. The van der Waals surface area contributed by atoms with Crippen LogP contribution >= 0.6 is 0 Å². The highest BCUT2D eigenvalue weighted by Gasteiger charge is 2.10. The highest BCUT2D eigenvalue weighted by molar-refractivity contribution is 5.84. The van der Waals surface area contributed by atoms with Crippen molar-refractivity contribution >= 4 is 10.9 Å². The van der Waals surface area contributed by atoms with E-state index in [1.807, 2.05) is 48.5 Å². The van der Waals surface area contributed by atoms with Crippen molar-refractivity contribution < 1.29 is 9.15 Å². The minimum absolute atomic E-state index is 0.190. The third kappa shape index (κ3) is 2.67. The molecule has 0 spiro atoms. The Morgan fingerprint density at radius 3 is 2.79 bits per heavy atom. The van der Waals surface area contributed by atoms with Crippen molar-refractivity contribution in [3.63, 3.8) is 0 Å². The van der Waals surface area contributed by atoms with Crippen LogP contribution in [0.5, 0.6) is 5.75 Å². The number of para-hydroxylation sites is 1. The smallest absolute Gasteiger partial charge is 0.252 e. The van der Waals surface area contributed by atoms with Gasteiger partial charge in [0.05, 0.1) is 11.7 Å². The fraction of sp³-hybridized carbons (Fsp3) is 0.0526. The van der Waals surface area contributed by atoms with Gasteiger partial charge in [-0.25, -0.2) is 4.98 Å². The number of hydrogen-bond acceptors (Lipinski definition) is 4. The van der Waals surface area contributed by atoms with E-state index in [0.717, 1.165) is 22.0 Å². The van der Waals surface area contributed by atoms with Gasteiger partial charge in [0.15, 0.2) is 0 Å². The van der Waals surface area contributed by atoms with E-state index < -0.39 is 0 Å². The molecule has 4 rings (SSSR count). The van der Waals surface area contributed by atoms with E-state index >= 15 is 0 Å². The first kappa shape index (κ1) is 14.3. The van der Waals surface area contributed by atoms with Crippen molar-refractivity contribution in [1.82, 2.24) is 9.97 Å². The van der Waals surface area contributed by atoms with Gasteiger partial charge in [0.2, 0.25) is 5.89 Å². The van der Waals surface area contributed by atoms with Gasteiger partial charge < -0.3 is 14.1 Å². The molecule has 1 N–H and O–H groups in total. The zero-order valence-corrected chi connectivity index (χ0v) is 12.7. The third-order valence-electron chi connectivity index (χ3n) is 3.78. The molecular formula is C19H14N2O3. The summed E-state index contributed by atoms with van der Waals surface area (Å²) < 4.78 is 11.3. The molecule has 5 heteroatoms. The number of aromatic nitrogens is 2. The van der Waals surface area contributed by atoms with Crippen LogP contribution < -0.4 is 10.3 Å². The lowest BCUT2D eigenvalue weighted by Crippen LogP contribution is -2.07. The average molecular weight is 318 g/mol. The van der Waals surface area contributed by atoms with Crippen molar-refractivity contribution in [2.75, 3.05) is 0 Å². The average Bonchev–Trinajstić information content (AvgIpc) is 3.14. The van der Waals surface area contributed by atoms with Crippen LogP contribution in [-0.4, -0.2) is 9.97 Å². The van der Waals surface area contributed by atoms with Crippen LogP contribution in [0.1, 0.15) is 5.56 Å². The number of ether oxygens (including phenoxy) is 1. The van der Waals surface area contributed by atoms with Crippen molar-refractivity contribution in [2.45, 2.75) is 6.61 Å². The Bertz CT molecular complexity index is 1040. The molecule has 2 aromatic carbocycles. The fourth-order valence-electron chi connectivity index (χ4n) is 2.66. The number of nitrogens with one attached hydrogen (secondary N) is 1. The van der Waals surface area contributed by atoms with Gasteiger partial charge in [0, 0.05) is 22.6 Å². The van der Waals surface area contributed by atoms with Gasteiger partial charge in [-0.05, 0) is 18.2 Å². The van der Waals surface area contributed by atoms with E-state index in [-0.39, 0.29) is 5.56 Å². The van der Waals surface area contributed by atoms with Crippen molar-refractivity contribution in [3.8, 4) is 17.2 Å². The van der Waals surface area contributed by atoms with E-state index in [4.69, 9.17) is 9.15 Å². The molecule has 0 aliphatic carbocycles. The maximum atomic E-state index is 11.8. The molecule has 2 aromatic heterocycles. The molecule has 0 aliphatic heterocycles. The lowest BCUT2D eigenvalue weighted by molar-refractivity contribution is 0.309. The summed E-state index contributed by atoms with van der Waals surface area (Å²) in [5, 5.41) is 0.866. The quantitative estimate of drug-likeness (QED) is 0.622. The summed E-state index contributed by atoms with van der Waals surface area (Å²) in [4.78, 5) is 18.8. The third-order valence-corrected chi connectivity index (χ3v) is 3.78. The van der Waals surface area contributed by atoms with Gasteiger partial charge in [0.25, 0.3) is 5.56 Å². The molecule has 0 saturated heterocycles. The maximum Gasteiger partial charge on any atom is 0.252 e. The molecule has 0 radical (unpaired) electrons.